The third kappa shape index (κ3) is 3.96. The molecule has 0 saturated heterocycles. The minimum absolute atomic E-state index is 0.155. The third-order valence-electron chi connectivity index (χ3n) is 2.42. The number of hydrogen-bond acceptors (Lipinski definition) is 3. The maximum atomic E-state index is 13.3. The quantitative estimate of drug-likeness (QED) is 0.644. The molecule has 3 nitrogen and oxygen atoms in total. The number of benzene rings is 1. The normalized spacial score (nSPS) is 9.90. The number of thiophene rings is 1. The Hall–Kier alpha value is -1.58. The monoisotopic (exact) mass is 342 g/mol. The van der Waals surface area contributed by atoms with Gasteiger partial charge in [0.15, 0.2) is 5.82 Å². The lowest BCUT2D eigenvalue weighted by atomic mass is 10.2. The first-order chi connectivity index (χ1) is 10.0. The van der Waals surface area contributed by atoms with E-state index in [2.05, 4.69) is 17.2 Å². The van der Waals surface area contributed by atoms with Gasteiger partial charge in [0.05, 0.1) is 27.0 Å². The van der Waals surface area contributed by atoms with Gasteiger partial charge in [-0.2, -0.15) is 0 Å². The molecule has 0 radical (unpaired) electrons. The first kappa shape index (κ1) is 15.8. The van der Waals surface area contributed by atoms with E-state index in [1.54, 1.807) is 11.4 Å². The van der Waals surface area contributed by atoms with Crippen molar-refractivity contribution in [2.45, 2.75) is 0 Å². The van der Waals surface area contributed by atoms with E-state index >= 15 is 0 Å². The third-order valence-corrected chi connectivity index (χ3v) is 3.81. The zero-order valence-corrected chi connectivity index (χ0v) is 12.9. The summed E-state index contributed by atoms with van der Waals surface area (Å²) >= 11 is 12.7. The van der Waals surface area contributed by atoms with Crippen molar-refractivity contribution in [3.8, 4) is 11.8 Å². The molecule has 0 unspecified atom stereocenters. The lowest BCUT2D eigenvalue weighted by molar-refractivity contribution is 0.102. The average Bonchev–Trinajstić information content (AvgIpc) is 2.91. The number of rotatable bonds is 2. The molecule has 0 bridgehead atoms. The molecular formula is C14H9Cl2FN2OS. The predicted octanol–water partition coefficient (Wildman–Crippen LogP) is 3.76. The van der Waals surface area contributed by atoms with Crippen LogP contribution in [0.25, 0.3) is 0 Å². The molecule has 0 saturated carbocycles. The molecule has 0 spiro atoms. The lowest BCUT2D eigenvalue weighted by Gasteiger charge is -2.06. The Morgan fingerprint density at radius 3 is 2.62 bits per heavy atom. The second-order valence-electron chi connectivity index (χ2n) is 3.91. The summed E-state index contributed by atoms with van der Waals surface area (Å²) in [5, 5.41) is 3.96. The van der Waals surface area contributed by atoms with E-state index in [1.165, 1.54) is 23.5 Å². The van der Waals surface area contributed by atoms with E-state index in [9.17, 15) is 9.18 Å². The van der Waals surface area contributed by atoms with Crippen molar-refractivity contribution in [1.29, 1.82) is 0 Å². The standard InChI is InChI=1S/C14H9Cl2FN2OS/c15-11-5-9(6-12(16)13(11)17)19-14(20)8-4-10(21-7-8)2-1-3-18/h4-7H,3,18H2,(H,19,20). The molecule has 1 aromatic carbocycles. The van der Waals surface area contributed by atoms with Gasteiger partial charge in [-0.15, -0.1) is 11.3 Å². The number of amides is 1. The maximum absolute atomic E-state index is 13.3. The van der Waals surface area contributed by atoms with Gasteiger partial charge >= 0.3 is 0 Å². The Kier molecular flexibility index (Phi) is 5.21. The number of carbonyl (C=O) groups excluding carboxylic acids is 1. The molecule has 2 rings (SSSR count). The Morgan fingerprint density at radius 1 is 1.33 bits per heavy atom. The SMILES string of the molecule is NCC#Cc1cc(C(=O)Nc2cc(Cl)c(F)c(Cl)c2)cs1. The van der Waals surface area contributed by atoms with Crippen LogP contribution < -0.4 is 11.1 Å². The highest BCUT2D eigenvalue weighted by Crippen LogP contribution is 2.27. The largest absolute Gasteiger partial charge is 0.322 e. The fourth-order valence-electron chi connectivity index (χ4n) is 1.49. The van der Waals surface area contributed by atoms with Crippen LogP contribution in [0.1, 0.15) is 15.2 Å². The van der Waals surface area contributed by atoms with Gasteiger partial charge in [0, 0.05) is 11.1 Å². The number of anilines is 1. The van der Waals surface area contributed by atoms with Crippen molar-refractivity contribution in [3.63, 3.8) is 0 Å². The van der Waals surface area contributed by atoms with Crippen LogP contribution in [0.5, 0.6) is 0 Å². The van der Waals surface area contributed by atoms with Crippen LogP contribution in [-0.2, 0) is 0 Å². The molecular weight excluding hydrogens is 334 g/mol. The van der Waals surface area contributed by atoms with Crippen molar-refractivity contribution in [2.24, 2.45) is 5.73 Å². The Balaban J connectivity index is 2.16. The van der Waals surface area contributed by atoms with E-state index in [0.29, 0.717) is 11.3 Å². The minimum Gasteiger partial charge on any atom is -0.322 e. The zero-order valence-electron chi connectivity index (χ0n) is 10.5. The van der Waals surface area contributed by atoms with E-state index < -0.39 is 5.82 Å². The van der Waals surface area contributed by atoms with Crippen molar-refractivity contribution in [2.75, 3.05) is 11.9 Å². The van der Waals surface area contributed by atoms with Gasteiger partial charge in [-0.25, -0.2) is 4.39 Å². The highest BCUT2D eigenvalue weighted by molar-refractivity contribution is 7.10. The van der Waals surface area contributed by atoms with Crippen molar-refractivity contribution < 1.29 is 9.18 Å². The molecule has 0 aliphatic heterocycles. The molecule has 0 fully saturated rings. The van der Waals surface area contributed by atoms with Crippen molar-refractivity contribution >= 4 is 46.1 Å². The molecule has 3 N–H and O–H groups in total. The topological polar surface area (TPSA) is 55.1 Å². The van der Waals surface area contributed by atoms with Crippen molar-refractivity contribution in [1.82, 2.24) is 0 Å². The molecule has 7 heteroatoms. The van der Waals surface area contributed by atoms with Crippen LogP contribution in [0.3, 0.4) is 0 Å². The summed E-state index contributed by atoms with van der Waals surface area (Å²) in [7, 11) is 0. The van der Waals surface area contributed by atoms with Crippen LogP contribution in [0, 0.1) is 17.7 Å². The molecule has 0 aliphatic rings. The van der Waals surface area contributed by atoms with Gasteiger partial charge in [-0.3, -0.25) is 4.79 Å². The highest BCUT2D eigenvalue weighted by Gasteiger charge is 2.12. The van der Waals surface area contributed by atoms with E-state index in [-0.39, 0.29) is 22.5 Å². The van der Waals surface area contributed by atoms with E-state index in [0.717, 1.165) is 4.88 Å². The summed E-state index contributed by atoms with van der Waals surface area (Å²) in [6.45, 7) is 0.256. The highest BCUT2D eigenvalue weighted by atomic mass is 35.5. The van der Waals surface area contributed by atoms with Gasteiger partial charge in [-0.05, 0) is 18.2 Å². The predicted molar refractivity (Wildman–Crippen MR) is 84.6 cm³/mol. The molecule has 0 atom stereocenters. The lowest BCUT2D eigenvalue weighted by Crippen LogP contribution is -2.11. The molecule has 1 amide bonds. The summed E-state index contributed by atoms with van der Waals surface area (Å²) in [5.74, 6) is 4.48. The summed E-state index contributed by atoms with van der Waals surface area (Å²) < 4.78 is 13.3. The van der Waals surface area contributed by atoms with Crippen LogP contribution >= 0.6 is 34.5 Å². The summed E-state index contributed by atoms with van der Waals surface area (Å²) in [4.78, 5) is 12.8. The Bertz CT molecular complexity index is 726. The molecule has 21 heavy (non-hydrogen) atoms. The van der Waals surface area contributed by atoms with Gasteiger partial charge in [-0.1, -0.05) is 35.0 Å². The number of carbonyl (C=O) groups is 1. The Labute approximate surface area is 134 Å². The number of hydrogen-bond donors (Lipinski definition) is 2. The first-order valence-electron chi connectivity index (χ1n) is 5.74. The van der Waals surface area contributed by atoms with Gasteiger partial charge in [0.25, 0.3) is 5.91 Å². The molecule has 0 aliphatic carbocycles. The molecule has 108 valence electrons. The van der Waals surface area contributed by atoms with Crippen molar-refractivity contribution in [3.05, 3.63) is 49.9 Å². The fraction of sp³-hybridized carbons (Fsp3) is 0.0714. The van der Waals surface area contributed by atoms with Crippen LogP contribution in [0.2, 0.25) is 10.0 Å². The smallest absolute Gasteiger partial charge is 0.256 e. The minimum atomic E-state index is -0.716. The number of halogens is 3. The van der Waals surface area contributed by atoms with Gasteiger partial charge in [0.2, 0.25) is 0 Å². The zero-order chi connectivity index (χ0) is 15.4. The average molecular weight is 343 g/mol. The van der Waals surface area contributed by atoms with E-state index in [1.807, 2.05) is 0 Å². The molecule has 2 aromatic rings. The summed E-state index contributed by atoms with van der Waals surface area (Å²) in [6.07, 6.45) is 0. The van der Waals surface area contributed by atoms with Crippen LogP contribution in [-0.4, -0.2) is 12.5 Å². The fourth-order valence-corrected chi connectivity index (χ4v) is 2.73. The maximum Gasteiger partial charge on any atom is 0.256 e. The van der Waals surface area contributed by atoms with Crippen LogP contribution in [0.4, 0.5) is 10.1 Å². The van der Waals surface area contributed by atoms with Gasteiger partial charge in [0.1, 0.15) is 0 Å². The van der Waals surface area contributed by atoms with Gasteiger partial charge < -0.3 is 11.1 Å². The first-order valence-corrected chi connectivity index (χ1v) is 7.38. The Morgan fingerprint density at radius 2 is 2.00 bits per heavy atom. The molecule has 1 heterocycles. The summed E-state index contributed by atoms with van der Waals surface area (Å²) in [6, 6.07) is 4.24. The van der Waals surface area contributed by atoms with Crippen LogP contribution in [0.15, 0.2) is 23.6 Å². The summed E-state index contributed by atoms with van der Waals surface area (Å²) in [5.41, 5.74) is 6.04. The van der Waals surface area contributed by atoms with E-state index in [4.69, 9.17) is 28.9 Å². The molecule has 1 aromatic heterocycles. The number of nitrogens with two attached hydrogens (primary N) is 1. The number of nitrogens with one attached hydrogen (secondary N) is 1. The second-order valence-corrected chi connectivity index (χ2v) is 5.64. The second kappa shape index (κ2) is 6.92.